The van der Waals surface area contributed by atoms with Gasteiger partial charge in [-0.05, 0) is 30.2 Å². The zero-order chi connectivity index (χ0) is 18.2. The molecule has 0 spiro atoms. The van der Waals surface area contributed by atoms with Crippen molar-refractivity contribution in [2.75, 3.05) is 20.8 Å². The number of ether oxygens (including phenoxy) is 2. The summed E-state index contributed by atoms with van der Waals surface area (Å²) in [5.41, 5.74) is 1.97. The third kappa shape index (κ3) is 5.44. The maximum atomic E-state index is 13.1. The van der Waals surface area contributed by atoms with E-state index in [1.165, 1.54) is 12.1 Å². The van der Waals surface area contributed by atoms with E-state index in [2.05, 4.69) is 4.90 Å². The van der Waals surface area contributed by atoms with Gasteiger partial charge in [0.2, 0.25) is 0 Å². The van der Waals surface area contributed by atoms with E-state index < -0.39 is 6.10 Å². The second-order valence-corrected chi connectivity index (χ2v) is 6.01. The molecule has 0 aromatic heterocycles. The molecule has 0 heterocycles. The molecule has 2 aromatic carbocycles. The van der Waals surface area contributed by atoms with Crippen LogP contribution in [0.1, 0.15) is 24.5 Å². The zero-order valence-electron chi connectivity index (χ0n) is 15.0. The molecule has 0 aliphatic rings. The summed E-state index contributed by atoms with van der Waals surface area (Å²) in [6, 6.07) is 12.2. The average Bonchev–Trinajstić information content (AvgIpc) is 2.63. The number of nitrogens with zero attached hydrogens (tertiary/aromatic N) is 1. The minimum atomic E-state index is -0.419. The second kappa shape index (κ2) is 9.39. The number of methoxy groups -OCH3 is 2. The van der Waals surface area contributed by atoms with Gasteiger partial charge in [-0.2, -0.15) is 0 Å². The average molecular weight is 347 g/mol. The molecule has 1 N–H and O–H groups in total. The van der Waals surface area contributed by atoms with Gasteiger partial charge in [-0.15, -0.1) is 0 Å². The predicted molar refractivity (Wildman–Crippen MR) is 96.4 cm³/mol. The van der Waals surface area contributed by atoms with E-state index >= 15 is 0 Å². The van der Waals surface area contributed by atoms with Gasteiger partial charge < -0.3 is 14.6 Å². The topological polar surface area (TPSA) is 41.9 Å². The number of aliphatic hydroxyl groups is 1. The quantitative estimate of drug-likeness (QED) is 0.752. The van der Waals surface area contributed by atoms with Crippen molar-refractivity contribution in [3.05, 3.63) is 59.4 Å². The third-order valence-electron chi connectivity index (χ3n) is 4.14. The van der Waals surface area contributed by atoms with Gasteiger partial charge in [-0.3, -0.25) is 4.90 Å². The maximum absolute atomic E-state index is 13.1. The molecule has 0 unspecified atom stereocenters. The molecule has 1 atom stereocenters. The summed E-state index contributed by atoms with van der Waals surface area (Å²) < 4.78 is 24.0. The highest BCUT2D eigenvalue weighted by molar-refractivity contribution is 5.46. The number of hydrogen-bond acceptors (Lipinski definition) is 4. The molecule has 2 aromatic rings. The number of hydrogen-bond donors (Lipinski definition) is 1. The van der Waals surface area contributed by atoms with Crippen LogP contribution in [0.25, 0.3) is 0 Å². The fourth-order valence-corrected chi connectivity index (χ4v) is 2.78. The zero-order valence-corrected chi connectivity index (χ0v) is 15.0. The van der Waals surface area contributed by atoms with Crippen LogP contribution in [0.4, 0.5) is 4.39 Å². The SMILES string of the molecule is CC[C@@H](O)CN(Cc1ccc(F)cc1)Cc1cccc(OC)c1OC. The van der Waals surface area contributed by atoms with Crippen LogP contribution in [0, 0.1) is 5.82 Å². The van der Waals surface area contributed by atoms with Gasteiger partial charge in [0.05, 0.1) is 20.3 Å². The van der Waals surface area contributed by atoms with E-state index in [1.807, 2.05) is 25.1 Å². The molecule has 0 fully saturated rings. The molecular weight excluding hydrogens is 321 g/mol. The molecule has 0 saturated carbocycles. The molecule has 4 nitrogen and oxygen atoms in total. The first-order chi connectivity index (χ1) is 12.1. The lowest BCUT2D eigenvalue weighted by Crippen LogP contribution is -2.31. The number of rotatable bonds is 9. The number of benzene rings is 2. The van der Waals surface area contributed by atoms with Crippen LogP contribution in [-0.2, 0) is 13.1 Å². The monoisotopic (exact) mass is 347 g/mol. The first kappa shape index (κ1) is 19.2. The van der Waals surface area contributed by atoms with Crippen molar-refractivity contribution in [1.82, 2.24) is 4.90 Å². The normalized spacial score (nSPS) is 12.2. The van der Waals surface area contributed by atoms with Crippen molar-refractivity contribution in [1.29, 1.82) is 0 Å². The molecule has 0 amide bonds. The van der Waals surface area contributed by atoms with Crippen LogP contribution < -0.4 is 9.47 Å². The van der Waals surface area contributed by atoms with Crippen molar-refractivity contribution in [3.8, 4) is 11.5 Å². The van der Waals surface area contributed by atoms with Crippen LogP contribution in [0.5, 0.6) is 11.5 Å². The van der Waals surface area contributed by atoms with Crippen LogP contribution in [0.15, 0.2) is 42.5 Å². The molecule has 25 heavy (non-hydrogen) atoms. The molecule has 2 rings (SSSR count). The molecule has 0 aliphatic heterocycles. The van der Waals surface area contributed by atoms with Gasteiger partial charge in [-0.1, -0.05) is 31.2 Å². The minimum Gasteiger partial charge on any atom is -0.493 e. The molecule has 5 heteroatoms. The fraction of sp³-hybridized carbons (Fsp3) is 0.400. The summed E-state index contributed by atoms with van der Waals surface area (Å²) in [4.78, 5) is 2.12. The van der Waals surface area contributed by atoms with Crippen molar-refractivity contribution in [3.63, 3.8) is 0 Å². The van der Waals surface area contributed by atoms with Gasteiger partial charge in [0.1, 0.15) is 5.82 Å². The van der Waals surface area contributed by atoms with E-state index in [1.54, 1.807) is 26.4 Å². The Morgan fingerprint density at radius 2 is 1.76 bits per heavy atom. The summed E-state index contributed by atoms with van der Waals surface area (Å²) in [7, 11) is 3.23. The Balaban J connectivity index is 2.22. The summed E-state index contributed by atoms with van der Waals surface area (Å²) in [5, 5.41) is 10.1. The van der Waals surface area contributed by atoms with E-state index in [4.69, 9.17) is 9.47 Å². The Morgan fingerprint density at radius 3 is 2.36 bits per heavy atom. The lowest BCUT2D eigenvalue weighted by Gasteiger charge is -2.26. The fourth-order valence-electron chi connectivity index (χ4n) is 2.78. The second-order valence-electron chi connectivity index (χ2n) is 6.01. The van der Waals surface area contributed by atoms with E-state index in [0.29, 0.717) is 37.6 Å². The van der Waals surface area contributed by atoms with Gasteiger partial charge in [-0.25, -0.2) is 4.39 Å². The van der Waals surface area contributed by atoms with Gasteiger partial charge in [0.15, 0.2) is 11.5 Å². The lowest BCUT2D eigenvalue weighted by atomic mass is 10.1. The Labute approximate surface area is 148 Å². The first-order valence-electron chi connectivity index (χ1n) is 8.42. The molecule has 0 saturated heterocycles. The standard InChI is InChI=1S/C20H26FNO3/c1-4-18(23)14-22(12-15-8-10-17(21)11-9-15)13-16-6-5-7-19(24-2)20(16)25-3/h5-11,18,23H,4,12-14H2,1-3H3/t18-/m1/s1. The van der Waals surface area contributed by atoms with Crippen molar-refractivity contribution in [2.24, 2.45) is 0 Å². The predicted octanol–water partition coefficient (Wildman–Crippen LogP) is 3.62. The molecular formula is C20H26FNO3. The summed E-state index contributed by atoms with van der Waals surface area (Å²) in [6.45, 7) is 3.67. The van der Waals surface area contributed by atoms with Crippen LogP contribution in [0.2, 0.25) is 0 Å². The molecule has 0 radical (unpaired) electrons. The molecule has 0 aliphatic carbocycles. The van der Waals surface area contributed by atoms with E-state index in [9.17, 15) is 9.50 Å². The van der Waals surface area contributed by atoms with E-state index in [0.717, 1.165) is 11.1 Å². The van der Waals surface area contributed by atoms with Crippen LogP contribution in [0.3, 0.4) is 0 Å². The highest BCUT2D eigenvalue weighted by Crippen LogP contribution is 2.31. The van der Waals surface area contributed by atoms with Gasteiger partial charge in [0.25, 0.3) is 0 Å². The smallest absolute Gasteiger partial charge is 0.165 e. The highest BCUT2D eigenvalue weighted by atomic mass is 19.1. The van der Waals surface area contributed by atoms with Crippen LogP contribution in [-0.4, -0.2) is 36.9 Å². The minimum absolute atomic E-state index is 0.252. The number of halogens is 1. The third-order valence-corrected chi connectivity index (χ3v) is 4.14. The first-order valence-corrected chi connectivity index (χ1v) is 8.42. The molecule has 136 valence electrons. The highest BCUT2D eigenvalue weighted by Gasteiger charge is 2.16. The van der Waals surface area contributed by atoms with Crippen molar-refractivity contribution in [2.45, 2.75) is 32.5 Å². The van der Waals surface area contributed by atoms with Crippen molar-refractivity contribution < 1.29 is 19.0 Å². The molecule has 0 bridgehead atoms. The Bertz CT molecular complexity index is 660. The number of aliphatic hydroxyl groups excluding tert-OH is 1. The summed E-state index contributed by atoms with van der Waals surface area (Å²) in [5.74, 6) is 1.12. The van der Waals surface area contributed by atoms with Gasteiger partial charge in [0, 0.05) is 25.2 Å². The summed E-state index contributed by atoms with van der Waals surface area (Å²) in [6.07, 6.45) is 0.256. The van der Waals surface area contributed by atoms with Gasteiger partial charge >= 0.3 is 0 Å². The Hall–Kier alpha value is -2.11. The largest absolute Gasteiger partial charge is 0.493 e. The van der Waals surface area contributed by atoms with E-state index in [-0.39, 0.29) is 5.82 Å². The Kier molecular flexibility index (Phi) is 7.22. The lowest BCUT2D eigenvalue weighted by molar-refractivity contribution is 0.101. The maximum Gasteiger partial charge on any atom is 0.165 e. The summed E-state index contributed by atoms with van der Waals surface area (Å²) >= 11 is 0. The van der Waals surface area contributed by atoms with Crippen LogP contribution >= 0.6 is 0 Å². The Morgan fingerprint density at radius 1 is 1.04 bits per heavy atom. The number of para-hydroxylation sites is 1. The van der Waals surface area contributed by atoms with Crippen molar-refractivity contribution >= 4 is 0 Å².